The summed E-state index contributed by atoms with van der Waals surface area (Å²) in [5, 5.41) is 3.50. The van der Waals surface area contributed by atoms with Crippen LogP contribution >= 0.6 is 11.8 Å². The van der Waals surface area contributed by atoms with E-state index in [9.17, 15) is 9.59 Å². The Hall–Kier alpha value is -2.15. The number of thioether (sulfide) groups is 1. The van der Waals surface area contributed by atoms with Gasteiger partial charge in [0.1, 0.15) is 5.82 Å². The number of carbonyl (C=O) groups excluding carboxylic acids is 1. The molecule has 0 bridgehead atoms. The summed E-state index contributed by atoms with van der Waals surface area (Å²) in [6.45, 7) is 3.69. The molecular weight excluding hydrogens is 300 g/mol. The summed E-state index contributed by atoms with van der Waals surface area (Å²) in [6.07, 6.45) is 1.88. The first-order valence-electron chi connectivity index (χ1n) is 6.99. The highest BCUT2D eigenvalue weighted by Crippen LogP contribution is 2.32. The van der Waals surface area contributed by atoms with Crippen molar-refractivity contribution in [2.75, 3.05) is 11.1 Å². The number of hydrogen-bond donors (Lipinski definition) is 1. The molecule has 0 saturated heterocycles. The first kappa shape index (κ1) is 14.8. The molecule has 2 aromatic rings. The molecule has 1 unspecified atom stereocenters. The molecule has 0 radical (unpaired) electrons. The topological polar surface area (TPSA) is 76.9 Å². The summed E-state index contributed by atoms with van der Waals surface area (Å²) in [6, 6.07) is 5.05. The molecule has 1 aliphatic rings. The van der Waals surface area contributed by atoms with E-state index >= 15 is 0 Å². The SMILES string of the molecule is Cc1cc(=O)n2c(n1)SCC2CC(=O)Nc1ncccc1C. The molecule has 3 rings (SSSR count). The Bertz CT molecular complexity index is 787. The van der Waals surface area contributed by atoms with Crippen LogP contribution in [0.2, 0.25) is 0 Å². The lowest BCUT2D eigenvalue weighted by Gasteiger charge is -2.13. The molecule has 0 aromatic carbocycles. The van der Waals surface area contributed by atoms with Crippen LogP contribution < -0.4 is 10.9 Å². The molecule has 7 heteroatoms. The molecule has 2 aromatic heterocycles. The molecule has 22 heavy (non-hydrogen) atoms. The molecule has 0 spiro atoms. The van der Waals surface area contributed by atoms with E-state index in [0.29, 0.717) is 22.4 Å². The van der Waals surface area contributed by atoms with Gasteiger partial charge in [0.25, 0.3) is 5.56 Å². The minimum absolute atomic E-state index is 0.0979. The predicted molar refractivity (Wildman–Crippen MR) is 85.2 cm³/mol. The maximum Gasteiger partial charge on any atom is 0.254 e. The van der Waals surface area contributed by atoms with Gasteiger partial charge in [0, 0.05) is 30.1 Å². The lowest BCUT2D eigenvalue weighted by Crippen LogP contribution is -2.27. The van der Waals surface area contributed by atoms with Gasteiger partial charge in [0.05, 0.1) is 6.04 Å². The van der Waals surface area contributed by atoms with Gasteiger partial charge >= 0.3 is 0 Å². The zero-order valence-electron chi connectivity index (χ0n) is 12.4. The first-order valence-corrected chi connectivity index (χ1v) is 7.97. The highest BCUT2D eigenvalue weighted by molar-refractivity contribution is 7.99. The summed E-state index contributed by atoms with van der Waals surface area (Å²) < 4.78 is 1.61. The van der Waals surface area contributed by atoms with E-state index in [1.165, 1.54) is 17.8 Å². The van der Waals surface area contributed by atoms with Gasteiger partial charge in [0.2, 0.25) is 5.91 Å². The number of amides is 1. The molecule has 114 valence electrons. The second-order valence-electron chi connectivity index (χ2n) is 5.27. The van der Waals surface area contributed by atoms with Crippen molar-refractivity contribution < 1.29 is 4.79 Å². The summed E-state index contributed by atoms with van der Waals surface area (Å²) >= 11 is 1.51. The van der Waals surface area contributed by atoms with E-state index in [0.717, 1.165) is 5.56 Å². The Balaban J connectivity index is 1.75. The molecule has 3 heterocycles. The van der Waals surface area contributed by atoms with Crippen LogP contribution in [0.1, 0.15) is 23.7 Å². The van der Waals surface area contributed by atoms with Crippen molar-refractivity contribution in [3.05, 3.63) is 46.0 Å². The van der Waals surface area contributed by atoms with Crippen LogP contribution in [0.3, 0.4) is 0 Å². The van der Waals surface area contributed by atoms with E-state index in [1.807, 2.05) is 19.1 Å². The van der Waals surface area contributed by atoms with Gasteiger partial charge in [-0.3, -0.25) is 14.2 Å². The zero-order valence-corrected chi connectivity index (χ0v) is 13.2. The average Bonchev–Trinajstić information content (AvgIpc) is 2.84. The van der Waals surface area contributed by atoms with Gasteiger partial charge in [-0.05, 0) is 25.5 Å². The molecule has 1 aliphatic heterocycles. The quantitative estimate of drug-likeness (QED) is 0.876. The summed E-state index contributed by atoms with van der Waals surface area (Å²) in [7, 11) is 0. The second-order valence-corrected chi connectivity index (χ2v) is 6.26. The van der Waals surface area contributed by atoms with Crippen LogP contribution in [0, 0.1) is 13.8 Å². The normalized spacial score (nSPS) is 16.4. The lowest BCUT2D eigenvalue weighted by molar-refractivity contribution is -0.116. The number of nitrogens with zero attached hydrogens (tertiary/aromatic N) is 3. The highest BCUT2D eigenvalue weighted by Gasteiger charge is 2.27. The van der Waals surface area contributed by atoms with E-state index in [-0.39, 0.29) is 23.9 Å². The third kappa shape index (κ3) is 2.89. The summed E-state index contributed by atoms with van der Waals surface area (Å²) in [5.74, 6) is 1.10. The van der Waals surface area contributed by atoms with Crippen molar-refractivity contribution >= 4 is 23.5 Å². The Labute approximate surface area is 132 Å². The van der Waals surface area contributed by atoms with E-state index in [2.05, 4.69) is 15.3 Å². The number of carbonyl (C=O) groups is 1. The van der Waals surface area contributed by atoms with Crippen molar-refractivity contribution in [2.45, 2.75) is 31.5 Å². The molecule has 0 saturated carbocycles. The third-order valence-corrected chi connectivity index (χ3v) is 4.60. The maximum atomic E-state index is 12.2. The molecular formula is C15H16N4O2S. The Kier molecular flexibility index (Phi) is 3.98. The van der Waals surface area contributed by atoms with Gasteiger partial charge in [-0.15, -0.1) is 0 Å². The smallest absolute Gasteiger partial charge is 0.254 e. The van der Waals surface area contributed by atoms with Crippen LogP contribution in [0.15, 0.2) is 34.3 Å². The van der Waals surface area contributed by atoms with Gasteiger partial charge < -0.3 is 5.32 Å². The van der Waals surface area contributed by atoms with Crippen molar-refractivity contribution in [2.24, 2.45) is 0 Å². The minimum atomic E-state index is -0.162. The minimum Gasteiger partial charge on any atom is -0.310 e. The number of rotatable bonds is 3. The fourth-order valence-electron chi connectivity index (χ4n) is 2.43. The van der Waals surface area contributed by atoms with Crippen molar-refractivity contribution in [1.82, 2.24) is 14.5 Å². The molecule has 1 amide bonds. The number of anilines is 1. The van der Waals surface area contributed by atoms with Gasteiger partial charge in [-0.2, -0.15) is 0 Å². The van der Waals surface area contributed by atoms with E-state index in [4.69, 9.17) is 0 Å². The molecule has 0 aliphatic carbocycles. The molecule has 1 N–H and O–H groups in total. The Morgan fingerprint density at radius 1 is 1.50 bits per heavy atom. The number of hydrogen-bond acceptors (Lipinski definition) is 5. The third-order valence-electron chi connectivity index (χ3n) is 3.51. The largest absolute Gasteiger partial charge is 0.310 e. The van der Waals surface area contributed by atoms with Crippen LogP contribution in [0.25, 0.3) is 0 Å². The summed E-state index contributed by atoms with van der Waals surface area (Å²) in [5.41, 5.74) is 1.52. The van der Waals surface area contributed by atoms with Crippen molar-refractivity contribution in [1.29, 1.82) is 0 Å². The van der Waals surface area contributed by atoms with Crippen LogP contribution in [0.5, 0.6) is 0 Å². The maximum absolute atomic E-state index is 12.2. The number of nitrogens with one attached hydrogen (secondary N) is 1. The van der Waals surface area contributed by atoms with Crippen LogP contribution in [-0.4, -0.2) is 26.2 Å². The fourth-order valence-corrected chi connectivity index (χ4v) is 3.62. The second kappa shape index (κ2) is 5.92. The standard InChI is InChI=1S/C15H16N4O2S/c1-9-4-3-5-16-14(9)18-12(20)7-11-8-22-15-17-10(2)6-13(21)19(11)15/h3-6,11H,7-8H2,1-2H3,(H,16,18,20). The van der Waals surface area contributed by atoms with Crippen LogP contribution in [0.4, 0.5) is 5.82 Å². The van der Waals surface area contributed by atoms with Crippen molar-refractivity contribution in [3.8, 4) is 0 Å². The van der Waals surface area contributed by atoms with Gasteiger partial charge in [-0.1, -0.05) is 17.8 Å². The first-order chi connectivity index (χ1) is 10.5. The summed E-state index contributed by atoms with van der Waals surface area (Å²) in [4.78, 5) is 32.8. The number of aromatic nitrogens is 3. The Morgan fingerprint density at radius 2 is 2.32 bits per heavy atom. The molecule has 1 atom stereocenters. The van der Waals surface area contributed by atoms with E-state index < -0.39 is 0 Å². The van der Waals surface area contributed by atoms with Crippen molar-refractivity contribution in [3.63, 3.8) is 0 Å². The average molecular weight is 316 g/mol. The monoisotopic (exact) mass is 316 g/mol. The van der Waals surface area contributed by atoms with Gasteiger partial charge in [0.15, 0.2) is 5.16 Å². The molecule has 6 nitrogen and oxygen atoms in total. The highest BCUT2D eigenvalue weighted by atomic mass is 32.2. The number of fused-ring (bicyclic) bond motifs is 1. The molecule has 0 fully saturated rings. The number of pyridine rings is 1. The van der Waals surface area contributed by atoms with E-state index in [1.54, 1.807) is 17.7 Å². The number of aryl methyl sites for hydroxylation is 2. The fraction of sp³-hybridized carbons (Fsp3) is 0.333. The lowest BCUT2D eigenvalue weighted by atomic mass is 10.2. The predicted octanol–water partition coefficient (Wildman–Crippen LogP) is 1.93. The van der Waals surface area contributed by atoms with Gasteiger partial charge in [-0.25, -0.2) is 9.97 Å². The Morgan fingerprint density at radius 3 is 3.09 bits per heavy atom. The van der Waals surface area contributed by atoms with Crippen LogP contribution in [-0.2, 0) is 4.79 Å². The zero-order chi connectivity index (χ0) is 15.7.